The van der Waals surface area contributed by atoms with E-state index in [2.05, 4.69) is 29.9 Å². The lowest BCUT2D eigenvalue weighted by atomic mass is 10.1. The van der Waals surface area contributed by atoms with Crippen molar-refractivity contribution in [1.29, 1.82) is 0 Å². The summed E-state index contributed by atoms with van der Waals surface area (Å²) >= 11 is 0. The van der Waals surface area contributed by atoms with E-state index in [1.807, 2.05) is 0 Å². The second-order valence-corrected chi connectivity index (χ2v) is 12.7. The summed E-state index contributed by atoms with van der Waals surface area (Å²) in [5, 5.41) is 0. The van der Waals surface area contributed by atoms with Gasteiger partial charge in [-0.05, 0) is 67.6 Å². The average molecular weight is 680 g/mol. The number of carbonyl (C=O) groups is 1. The third-order valence-electron chi connectivity index (χ3n) is 7.71. The fourth-order valence-electron chi connectivity index (χ4n) is 5.30. The van der Waals surface area contributed by atoms with Crippen LogP contribution in [0.4, 0.5) is 30.7 Å². The lowest BCUT2D eigenvalue weighted by Crippen LogP contribution is -2.45. The van der Waals surface area contributed by atoms with E-state index in [9.17, 15) is 43.9 Å². The van der Waals surface area contributed by atoms with E-state index in [1.54, 1.807) is 0 Å². The fourth-order valence-corrected chi connectivity index (χ4v) is 7.33. The predicted molar refractivity (Wildman–Crippen MR) is 149 cm³/mol. The maximum absolute atomic E-state index is 13.6. The van der Waals surface area contributed by atoms with Gasteiger partial charge in [-0.15, -0.1) is 0 Å². The molecule has 0 unspecified atom stereocenters. The first-order chi connectivity index (χ1) is 22.1. The number of aliphatic imine (C=N–C) groups is 1. The van der Waals surface area contributed by atoms with Crippen LogP contribution in [0.3, 0.4) is 0 Å². The summed E-state index contributed by atoms with van der Waals surface area (Å²) in [6, 6.07) is 5.69. The molecule has 47 heavy (non-hydrogen) atoms. The number of sulfonamides is 1. The lowest BCUT2D eigenvalue weighted by molar-refractivity contribution is -0.145. The van der Waals surface area contributed by atoms with Crippen LogP contribution >= 0.6 is 0 Å². The van der Waals surface area contributed by atoms with Crippen LogP contribution in [-0.4, -0.2) is 61.3 Å². The molecule has 1 saturated carbocycles. The zero-order valence-electron chi connectivity index (χ0n) is 23.7. The molecule has 2 aliphatic rings. The molecule has 1 saturated heterocycles. The average Bonchev–Trinajstić information content (AvgIpc) is 3.70. The highest BCUT2D eigenvalue weighted by Gasteiger charge is 2.61. The Balaban J connectivity index is 1.35. The number of amides is 1. The van der Waals surface area contributed by atoms with Crippen LogP contribution in [0.5, 0.6) is 0 Å². The molecule has 10 nitrogen and oxygen atoms in total. The highest BCUT2D eigenvalue weighted by molar-refractivity contribution is 7.89. The van der Waals surface area contributed by atoms with E-state index in [4.69, 9.17) is 0 Å². The van der Waals surface area contributed by atoms with Crippen molar-refractivity contribution in [2.24, 2.45) is 4.99 Å². The summed E-state index contributed by atoms with van der Waals surface area (Å²) in [7, 11) is -4.22. The third-order valence-corrected chi connectivity index (χ3v) is 9.73. The Labute approximate surface area is 261 Å². The number of halogens is 7. The summed E-state index contributed by atoms with van der Waals surface area (Å²) < 4.78 is 120. The molecule has 0 N–H and O–H groups in total. The van der Waals surface area contributed by atoms with Gasteiger partial charge in [-0.3, -0.25) is 4.79 Å². The molecule has 4 aromatic rings. The van der Waals surface area contributed by atoms with Gasteiger partial charge in [-0.2, -0.15) is 30.6 Å². The molecule has 1 amide bonds. The molecule has 1 aliphatic carbocycles. The van der Waals surface area contributed by atoms with Gasteiger partial charge in [0, 0.05) is 47.7 Å². The minimum atomic E-state index is -4.82. The monoisotopic (exact) mass is 679 g/mol. The summed E-state index contributed by atoms with van der Waals surface area (Å²) in [4.78, 5) is 34.7. The largest absolute Gasteiger partial charge is 0.451 e. The van der Waals surface area contributed by atoms with Gasteiger partial charge in [-0.1, -0.05) is 0 Å². The van der Waals surface area contributed by atoms with Crippen LogP contribution in [0, 0.1) is 5.82 Å². The van der Waals surface area contributed by atoms with E-state index < -0.39 is 57.3 Å². The Kier molecular flexibility index (Phi) is 7.90. The van der Waals surface area contributed by atoms with Gasteiger partial charge in [-0.25, -0.2) is 42.7 Å². The standard InChI is InChI=1S/C29H20F7N7O3S/c30-19-1-3-20(4-2-19)47(45,46)43-23(5-6-27(43)7-8-27)24(44)37-11-16-9-21(17-12-38-25(39-13-17)28(31,32)33)42-22(10-16)18-14-40-26(41-15-18)29(34,35)36/h1-4,9-15,23H,5-8H2/t23-/m0/s1. The summed E-state index contributed by atoms with van der Waals surface area (Å²) in [6.45, 7) is 0. The molecule has 2 fully saturated rings. The van der Waals surface area contributed by atoms with Crippen molar-refractivity contribution in [3.8, 4) is 22.5 Å². The van der Waals surface area contributed by atoms with Crippen LogP contribution in [0.1, 0.15) is 42.9 Å². The molecule has 3 aromatic heterocycles. The number of benzene rings is 1. The Hall–Kier alpha value is -4.71. The lowest BCUT2D eigenvalue weighted by Gasteiger charge is -2.27. The minimum absolute atomic E-state index is 0.00306. The van der Waals surface area contributed by atoms with E-state index in [0.717, 1.165) is 59.6 Å². The molecule has 1 atom stereocenters. The van der Waals surface area contributed by atoms with Crippen molar-refractivity contribution in [2.75, 3.05) is 0 Å². The minimum Gasteiger partial charge on any atom is -0.271 e. The first kappa shape index (κ1) is 32.2. The number of hydrogen-bond donors (Lipinski definition) is 0. The fraction of sp³-hybridized carbons (Fsp3) is 0.276. The van der Waals surface area contributed by atoms with Gasteiger partial charge in [0.15, 0.2) is 0 Å². The summed E-state index contributed by atoms with van der Waals surface area (Å²) in [5.74, 6) is -4.27. The maximum Gasteiger partial charge on any atom is 0.451 e. The molecule has 0 bridgehead atoms. The number of nitrogens with zero attached hydrogens (tertiary/aromatic N) is 7. The van der Waals surface area contributed by atoms with Gasteiger partial charge >= 0.3 is 12.4 Å². The van der Waals surface area contributed by atoms with Gasteiger partial charge in [0.05, 0.1) is 16.3 Å². The van der Waals surface area contributed by atoms with Crippen molar-refractivity contribution < 1.29 is 43.9 Å². The Morgan fingerprint density at radius 3 is 1.77 bits per heavy atom. The first-order valence-electron chi connectivity index (χ1n) is 13.8. The normalized spacial score (nSPS) is 18.2. The van der Waals surface area contributed by atoms with E-state index in [0.29, 0.717) is 19.3 Å². The number of carbonyl (C=O) groups excluding carboxylic acids is 1. The van der Waals surface area contributed by atoms with Crippen molar-refractivity contribution in [1.82, 2.24) is 29.2 Å². The van der Waals surface area contributed by atoms with Crippen LogP contribution in [0.15, 0.2) is 71.1 Å². The highest BCUT2D eigenvalue weighted by atomic mass is 32.2. The first-order valence-corrected chi connectivity index (χ1v) is 15.2. The van der Waals surface area contributed by atoms with E-state index >= 15 is 0 Å². The molecular weight excluding hydrogens is 659 g/mol. The Morgan fingerprint density at radius 1 is 0.830 bits per heavy atom. The molecule has 1 spiro atoms. The van der Waals surface area contributed by atoms with E-state index in [1.165, 1.54) is 12.1 Å². The zero-order valence-corrected chi connectivity index (χ0v) is 24.5. The van der Waals surface area contributed by atoms with Crippen molar-refractivity contribution >= 4 is 22.1 Å². The smallest absolute Gasteiger partial charge is 0.271 e. The van der Waals surface area contributed by atoms with Gasteiger partial charge in [0.1, 0.15) is 11.9 Å². The second-order valence-electron chi connectivity index (χ2n) is 10.9. The second kappa shape index (κ2) is 11.5. The van der Waals surface area contributed by atoms with E-state index in [-0.39, 0.29) is 39.4 Å². The topological polar surface area (TPSA) is 131 Å². The SMILES string of the molecule is O=C(N=Cc1cc(-c2cnc(C(F)(F)F)nc2)nc(-c2cnc(C(F)(F)F)nc2)c1)[C@@H]1CCC2(CC2)N1S(=O)(=O)c1ccc(F)cc1. The molecule has 1 aliphatic heterocycles. The number of hydrogen-bond acceptors (Lipinski definition) is 8. The molecule has 4 heterocycles. The highest BCUT2D eigenvalue weighted by Crippen LogP contribution is 2.54. The van der Waals surface area contributed by atoms with Crippen LogP contribution in [-0.2, 0) is 27.2 Å². The summed E-state index contributed by atoms with van der Waals surface area (Å²) in [5.41, 5.74) is -0.684. The Morgan fingerprint density at radius 2 is 1.32 bits per heavy atom. The van der Waals surface area contributed by atoms with Crippen molar-refractivity contribution in [3.63, 3.8) is 0 Å². The summed E-state index contributed by atoms with van der Waals surface area (Å²) in [6.07, 6.45) is -3.52. The molecular formula is C29H20F7N7O3S. The quantitative estimate of drug-likeness (QED) is 0.193. The molecule has 244 valence electrons. The zero-order chi connectivity index (χ0) is 33.8. The Bertz CT molecular complexity index is 1890. The maximum atomic E-state index is 13.6. The number of pyridine rings is 1. The van der Waals surface area contributed by atoms with Crippen LogP contribution in [0.25, 0.3) is 22.5 Å². The molecule has 6 rings (SSSR count). The van der Waals surface area contributed by atoms with Crippen LogP contribution in [0.2, 0.25) is 0 Å². The predicted octanol–water partition coefficient (Wildman–Crippen LogP) is 5.50. The number of alkyl halides is 6. The molecule has 18 heteroatoms. The van der Waals surface area contributed by atoms with Gasteiger partial charge < -0.3 is 0 Å². The number of aromatic nitrogens is 5. The van der Waals surface area contributed by atoms with Gasteiger partial charge in [0.2, 0.25) is 21.7 Å². The van der Waals surface area contributed by atoms with Gasteiger partial charge in [0.25, 0.3) is 5.91 Å². The molecule has 1 aromatic carbocycles. The van der Waals surface area contributed by atoms with Crippen molar-refractivity contribution in [2.45, 2.75) is 54.5 Å². The van der Waals surface area contributed by atoms with Crippen molar-refractivity contribution in [3.05, 3.63) is 84.2 Å². The molecule has 0 radical (unpaired) electrons. The van der Waals surface area contributed by atoms with Crippen LogP contribution < -0.4 is 0 Å². The number of rotatable bonds is 6. The third kappa shape index (κ3) is 6.47.